The molecule has 1 aromatic heterocycles. The van der Waals surface area contributed by atoms with Gasteiger partial charge in [-0.2, -0.15) is 0 Å². The molecule has 3 N–H and O–H groups in total. The molecular formula is C10H8Cl2N4O2S. The van der Waals surface area contributed by atoms with E-state index in [1.165, 1.54) is 30.5 Å². The monoisotopic (exact) mass is 318 g/mol. The summed E-state index contributed by atoms with van der Waals surface area (Å²) in [5.74, 6) is -0.0945. The zero-order valence-electron chi connectivity index (χ0n) is 9.34. The van der Waals surface area contributed by atoms with E-state index in [1.54, 1.807) is 0 Å². The van der Waals surface area contributed by atoms with E-state index in [0.29, 0.717) is 5.69 Å². The minimum atomic E-state index is -3.80. The third kappa shape index (κ3) is 3.25. The zero-order valence-corrected chi connectivity index (χ0v) is 11.7. The molecule has 1 aromatic carbocycles. The summed E-state index contributed by atoms with van der Waals surface area (Å²) >= 11 is 11.3. The molecule has 19 heavy (non-hydrogen) atoms. The normalized spacial score (nSPS) is 11.3. The Labute approximate surface area is 119 Å². The third-order valence-corrected chi connectivity index (χ3v) is 3.92. The molecule has 0 saturated heterocycles. The van der Waals surface area contributed by atoms with Gasteiger partial charge in [-0.25, -0.2) is 18.4 Å². The highest BCUT2D eigenvalue weighted by molar-refractivity contribution is 7.92. The first-order chi connectivity index (χ1) is 8.88. The summed E-state index contributed by atoms with van der Waals surface area (Å²) < 4.78 is 26.3. The second kappa shape index (κ2) is 5.20. The Morgan fingerprint density at radius 2 is 1.79 bits per heavy atom. The van der Waals surface area contributed by atoms with Crippen molar-refractivity contribution in [2.24, 2.45) is 0 Å². The maximum atomic E-state index is 12.0. The van der Waals surface area contributed by atoms with E-state index in [-0.39, 0.29) is 21.0 Å². The second-order valence-corrected chi connectivity index (χ2v) is 5.93. The molecule has 2 aromatic rings. The molecule has 1 heterocycles. The fraction of sp³-hybridized carbons (Fsp3) is 0. The molecule has 0 amide bonds. The zero-order chi connectivity index (χ0) is 14.0. The first-order valence-corrected chi connectivity index (χ1v) is 7.19. The van der Waals surface area contributed by atoms with Crippen molar-refractivity contribution in [1.29, 1.82) is 0 Å². The minimum Gasteiger partial charge on any atom is -0.399 e. The van der Waals surface area contributed by atoms with Gasteiger partial charge in [0.15, 0.2) is 11.0 Å². The number of nitrogen functional groups attached to an aromatic ring is 1. The minimum absolute atomic E-state index is 0.0366. The summed E-state index contributed by atoms with van der Waals surface area (Å²) in [5, 5.41) is -0.0630. The molecule has 6 nitrogen and oxygen atoms in total. The summed E-state index contributed by atoms with van der Waals surface area (Å²) in [6.45, 7) is 0. The van der Waals surface area contributed by atoms with Crippen molar-refractivity contribution in [3.63, 3.8) is 0 Å². The van der Waals surface area contributed by atoms with Gasteiger partial charge < -0.3 is 5.73 Å². The highest BCUT2D eigenvalue weighted by atomic mass is 35.5. The lowest BCUT2D eigenvalue weighted by molar-refractivity contribution is 0.601. The van der Waals surface area contributed by atoms with Gasteiger partial charge in [-0.05, 0) is 24.3 Å². The molecule has 0 aliphatic carbocycles. The molecule has 0 aliphatic heterocycles. The number of nitrogens with one attached hydrogen (secondary N) is 1. The first-order valence-electron chi connectivity index (χ1n) is 4.95. The Kier molecular flexibility index (Phi) is 3.79. The number of benzene rings is 1. The lowest BCUT2D eigenvalue weighted by Gasteiger charge is -2.08. The Hall–Kier alpha value is -1.57. The van der Waals surface area contributed by atoms with Gasteiger partial charge in [-0.1, -0.05) is 23.2 Å². The molecule has 9 heteroatoms. The van der Waals surface area contributed by atoms with Crippen molar-refractivity contribution >= 4 is 44.7 Å². The van der Waals surface area contributed by atoms with Crippen LogP contribution < -0.4 is 10.5 Å². The van der Waals surface area contributed by atoms with Crippen molar-refractivity contribution in [2.45, 2.75) is 4.90 Å². The highest BCUT2D eigenvalue weighted by Gasteiger charge is 2.17. The van der Waals surface area contributed by atoms with Gasteiger partial charge in [0.05, 0.1) is 11.1 Å². The summed E-state index contributed by atoms with van der Waals surface area (Å²) in [6.07, 6.45) is 1.19. The van der Waals surface area contributed by atoms with Crippen LogP contribution >= 0.6 is 23.2 Å². The quantitative estimate of drug-likeness (QED) is 0.845. The van der Waals surface area contributed by atoms with E-state index in [0.717, 1.165) is 0 Å². The molecule has 0 spiro atoms. The number of rotatable bonds is 3. The summed E-state index contributed by atoms with van der Waals surface area (Å²) in [7, 11) is -3.80. The van der Waals surface area contributed by atoms with E-state index in [1.807, 2.05) is 0 Å². The van der Waals surface area contributed by atoms with E-state index in [2.05, 4.69) is 14.7 Å². The Morgan fingerprint density at radius 3 is 2.37 bits per heavy atom. The summed E-state index contributed by atoms with van der Waals surface area (Å²) in [6, 6.07) is 5.69. The van der Waals surface area contributed by atoms with E-state index in [9.17, 15) is 8.42 Å². The number of anilines is 2. The molecule has 0 fully saturated rings. The molecule has 0 atom stereocenters. The number of nitrogens with two attached hydrogens (primary N) is 1. The number of hydrogen-bond donors (Lipinski definition) is 2. The van der Waals surface area contributed by atoms with Crippen molar-refractivity contribution in [1.82, 2.24) is 9.97 Å². The van der Waals surface area contributed by atoms with Crippen molar-refractivity contribution in [3.05, 3.63) is 40.8 Å². The molecule has 0 bridgehead atoms. The van der Waals surface area contributed by atoms with Gasteiger partial charge >= 0.3 is 0 Å². The highest BCUT2D eigenvalue weighted by Crippen LogP contribution is 2.22. The first kappa shape index (κ1) is 13.9. The van der Waals surface area contributed by atoms with Crippen LogP contribution in [0.4, 0.5) is 11.5 Å². The van der Waals surface area contributed by atoms with Crippen molar-refractivity contribution < 1.29 is 8.42 Å². The smallest absolute Gasteiger partial charge is 0.263 e. The predicted octanol–water partition coefficient (Wildman–Crippen LogP) is 2.17. The Balaban J connectivity index is 2.33. The van der Waals surface area contributed by atoms with Gasteiger partial charge in [0.25, 0.3) is 10.0 Å². The van der Waals surface area contributed by atoms with Crippen LogP contribution in [-0.2, 0) is 10.0 Å². The van der Waals surface area contributed by atoms with Gasteiger partial charge in [0.2, 0.25) is 0 Å². The second-order valence-electron chi connectivity index (χ2n) is 3.51. The van der Waals surface area contributed by atoms with Crippen LogP contribution in [0.2, 0.25) is 10.3 Å². The maximum Gasteiger partial charge on any atom is 0.263 e. The van der Waals surface area contributed by atoms with Gasteiger partial charge in [-0.15, -0.1) is 0 Å². The average molecular weight is 319 g/mol. The SMILES string of the molecule is Nc1ccc(S(=O)(=O)Nc2ncc(Cl)nc2Cl)cc1. The van der Waals surface area contributed by atoms with Crippen LogP contribution in [0.25, 0.3) is 0 Å². The van der Waals surface area contributed by atoms with E-state index >= 15 is 0 Å². The average Bonchev–Trinajstić information content (AvgIpc) is 2.33. The largest absolute Gasteiger partial charge is 0.399 e. The molecular weight excluding hydrogens is 311 g/mol. The summed E-state index contributed by atoms with van der Waals surface area (Å²) in [4.78, 5) is 7.49. The Bertz CT molecular complexity index is 704. The molecule has 0 aliphatic rings. The third-order valence-electron chi connectivity index (χ3n) is 2.12. The fourth-order valence-electron chi connectivity index (χ4n) is 1.25. The molecule has 100 valence electrons. The topological polar surface area (TPSA) is 98.0 Å². The standard InChI is InChI=1S/C10H8Cl2N4O2S/c11-8-5-14-10(9(12)15-8)16-19(17,18)7-3-1-6(13)2-4-7/h1-5H,13H2,(H,14,16). The van der Waals surface area contributed by atoms with Gasteiger partial charge in [-0.3, -0.25) is 4.72 Å². The van der Waals surface area contributed by atoms with Gasteiger partial charge in [0.1, 0.15) is 5.15 Å². The van der Waals surface area contributed by atoms with Crippen molar-refractivity contribution in [3.8, 4) is 0 Å². The lowest BCUT2D eigenvalue weighted by Crippen LogP contribution is -2.14. The number of aromatic nitrogens is 2. The van der Waals surface area contributed by atoms with E-state index in [4.69, 9.17) is 28.9 Å². The predicted molar refractivity (Wildman–Crippen MR) is 73.7 cm³/mol. The lowest BCUT2D eigenvalue weighted by atomic mass is 10.3. The van der Waals surface area contributed by atoms with Crippen molar-refractivity contribution in [2.75, 3.05) is 10.5 Å². The van der Waals surface area contributed by atoms with E-state index < -0.39 is 10.0 Å². The summed E-state index contributed by atoms with van der Waals surface area (Å²) in [5.41, 5.74) is 5.95. The molecule has 0 saturated carbocycles. The van der Waals surface area contributed by atoms with Crippen LogP contribution in [-0.4, -0.2) is 18.4 Å². The number of halogens is 2. The number of nitrogens with zero attached hydrogens (tertiary/aromatic N) is 2. The Morgan fingerprint density at radius 1 is 1.16 bits per heavy atom. The van der Waals surface area contributed by atoms with Crippen LogP contribution in [0.3, 0.4) is 0 Å². The maximum absolute atomic E-state index is 12.0. The van der Waals surface area contributed by atoms with Gasteiger partial charge in [0, 0.05) is 5.69 Å². The number of hydrogen-bond acceptors (Lipinski definition) is 5. The van der Waals surface area contributed by atoms with Crippen LogP contribution in [0, 0.1) is 0 Å². The van der Waals surface area contributed by atoms with Crippen LogP contribution in [0.1, 0.15) is 0 Å². The molecule has 0 radical (unpaired) electrons. The fourth-order valence-corrected chi connectivity index (χ4v) is 2.68. The van der Waals surface area contributed by atoms with Crippen LogP contribution in [0.15, 0.2) is 35.4 Å². The van der Waals surface area contributed by atoms with Crippen LogP contribution in [0.5, 0.6) is 0 Å². The molecule has 0 unspecified atom stereocenters. The number of sulfonamides is 1. The molecule has 2 rings (SSSR count).